The monoisotopic (exact) mass is 395 g/mol. The van der Waals surface area contributed by atoms with Crippen molar-refractivity contribution in [2.24, 2.45) is 0 Å². The van der Waals surface area contributed by atoms with Crippen LogP contribution in [0.2, 0.25) is 0 Å². The molecule has 0 atom stereocenters. The zero-order valence-corrected chi connectivity index (χ0v) is 17.1. The lowest BCUT2D eigenvalue weighted by Crippen LogP contribution is -2.25. The smallest absolute Gasteiger partial charge is 0.271 e. The van der Waals surface area contributed by atoms with Crippen molar-refractivity contribution < 1.29 is 4.79 Å². The molecule has 0 saturated heterocycles. The third-order valence-corrected chi connectivity index (χ3v) is 6.71. The molecular weight excluding hydrogens is 370 g/mol. The number of fused-ring (bicyclic) bond motifs is 1. The van der Waals surface area contributed by atoms with E-state index in [0.29, 0.717) is 22.3 Å². The molecule has 6 heteroatoms. The first kappa shape index (κ1) is 18.9. The van der Waals surface area contributed by atoms with E-state index in [1.807, 2.05) is 19.1 Å². The molecule has 1 fully saturated rings. The average Bonchev–Trinajstić information content (AvgIpc) is 3.35. The summed E-state index contributed by atoms with van der Waals surface area (Å²) in [5, 5.41) is 2.98. The van der Waals surface area contributed by atoms with Gasteiger partial charge in [-0.2, -0.15) is 0 Å². The predicted molar refractivity (Wildman–Crippen MR) is 113 cm³/mol. The molecular formula is C22H25N3O2S. The fraction of sp³-hybridized carbons (Fsp3) is 0.409. The minimum atomic E-state index is -0.172. The predicted octanol–water partition coefficient (Wildman–Crippen LogP) is 4.37. The summed E-state index contributed by atoms with van der Waals surface area (Å²) in [5.41, 5.74) is 3.37. The Balaban J connectivity index is 1.58. The molecule has 1 aliphatic rings. The summed E-state index contributed by atoms with van der Waals surface area (Å²) < 4.78 is 2.35. The quantitative estimate of drug-likeness (QED) is 0.697. The molecule has 0 bridgehead atoms. The van der Waals surface area contributed by atoms with E-state index < -0.39 is 0 Å². The molecule has 2 heterocycles. The van der Waals surface area contributed by atoms with Crippen molar-refractivity contribution in [2.45, 2.75) is 58.5 Å². The van der Waals surface area contributed by atoms with Gasteiger partial charge in [-0.05, 0) is 37.3 Å². The SMILES string of the molecule is CCc1ccc(CNC(=O)c2c(C)sc3c(=O)n(C4CCCC4)cnc23)cc1. The Morgan fingerprint density at radius 3 is 2.57 bits per heavy atom. The molecule has 0 spiro atoms. The number of carbonyl (C=O) groups excluding carboxylic acids is 1. The maximum atomic E-state index is 12.9. The van der Waals surface area contributed by atoms with Crippen LogP contribution >= 0.6 is 11.3 Å². The van der Waals surface area contributed by atoms with E-state index in [9.17, 15) is 9.59 Å². The molecule has 1 aromatic carbocycles. The number of rotatable bonds is 5. The summed E-state index contributed by atoms with van der Waals surface area (Å²) in [6.07, 6.45) is 7.00. The molecule has 0 aliphatic heterocycles. The van der Waals surface area contributed by atoms with Crippen molar-refractivity contribution in [3.8, 4) is 0 Å². The Hall–Kier alpha value is -2.47. The van der Waals surface area contributed by atoms with Gasteiger partial charge >= 0.3 is 0 Å². The Labute approximate surface area is 168 Å². The van der Waals surface area contributed by atoms with Crippen molar-refractivity contribution in [2.75, 3.05) is 0 Å². The number of hydrogen-bond acceptors (Lipinski definition) is 4. The van der Waals surface area contributed by atoms with Gasteiger partial charge in [0.1, 0.15) is 10.2 Å². The lowest BCUT2D eigenvalue weighted by molar-refractivity contribution is 0.0952. The van der Waals surface area contributed by atoms with Gasteiger partial charge in [0, 0.05) is 17.5 Å². The molecule has 28 heavy (non-hydrogen) atoms. The Morgan fingerprint density at radius 1 is 1.21 bits per heavy atom. The van der Waals surface area contributed by atoms with Crippen molar-refractivity contribution >= 4 is 27.5 Å². The first-order chi connectivity index (χ1) is 13.6. The minimum absolute atomic E-state index is 0.0146. The molecule has 3 aromatic rings. The first-order valence-electron chi connectivity index (χ1n) is 9.94. The van der Waals surface area contributed by atoms with Gasteiger partial charge < -0.3 is 5.32 Å². The van der Waals surface area contributed by atoms with Gasteiger partial charge in [0.2, 0.25) is 0 Å². The summed E-state index contributed by atoms with van der Waals surface area (Å²) in [5.74, 6) is -0.172. The van der Waals surface area contributed by atoms with Gasteiger partial charge in [-0.3, -0.25) is 14.2 Å². The second-order valence-electron chi connectivity index (χ2n) is 7.46. The van der Waals surface area contributed by atoms with Crippen LogP contribution in [0.15, 0.2) is 35.4 Å². The summed E-state index contributed by atoms with van der Waals surface area (Å²) in [6, 6.07) is 8.49. The van der Waals surface area contributed by atoms with E-state index in [1.54, 1.807) is 10.9 Å². The van der Waals surface area contributed by atoms with Gasteiger partial charge in [0.15, 0.2) is 0 Å². The Morgan fingerprint density at radius 2 is 1.89 bits per heavy atom. The van der Waals surface area contributed by atoms with Crippen LogP contribution in [0, 0.1) is 6.92 Å². The fourth-order valence-corrected chi connectivity index (χ4v) is 5.01. The first-order valence-corrected chi connectivity index (χ1v) is 10.8. The van der Waals surface area contributed by atoms with Crippen LogP contribution in [0.3, 0.4) is 0 Å². The maximum absolute atomic E-state index is 12.9. The molecule has 4 rings (SSSR count). The van der Waals surface area contributed by atoms with Crippen molar-refractivity contribution in [1.29, 1.82) is 0 Å². The van der Waals surface area contributed by atoms with E-state index >= 15 is 0 Å². The van der Waals surface area contributed by atoms with Gasteiger partial charge in [0.05, 0.1) is 11.9 Å². The molecule has 1 N–H and O–H groups in total. The van der Waals surface area contributed by atoms with Gasteiger partial charge in [-0.25, -0.2) is 4.98 Å². The highest BCUT2D eigenvalue weighted by atomic mass is 32.1. The van der Waals surface area contributed by atoms with Crippen LogP contribution in [-0.2, 0) is 13.0 Å². The summed E-state index contributed by atoms with van der Waals surface area (Å²) in [7, 11) is 0. The second-order valence-corrected chi connectivity index (χ2v) is 8.68. The molecule has 1 aliphatic carbocycles. The number of thiophene rings is 1. The molecule has 1 amide bonds. The number of hydrogen-bond donors (Lipinski definition) is 1. The topological polar surface area (TPSA) is 64.0 Å². The second kappa shape index (κ2) is 7.87. The van der Waals surface area contributed by atoms with Crippen LogP contribution in [0.5, 0.6) is 0 Å². The average molecular weight is 396 g/mol. The van der Waals surface area contributed by atoms with Crippen LogP contribution < -0.4 is 10.9 Å². The fourth-order valence-electron chi connectivity index (χ4n) is 3.96. The van der Waals surface area contributed by atoms with E-state index in [2.05, 4.69) is 29.4 Å². The third kappa shape index (κ3) is 3.49. The number of aryl methyl sites for hydroxylation is 2. The van der Waals surface area contributed by atoms with Crippen molar-refractivity contribution in [1.82, 2.24) is 14.9 Å². The minimum Gasteiger partial charge on any atom is -0.348 e. The third-order valence-electron chi connectivity index (χ3n) is 5.63. The highest BCUT2D eigenvalue weighted by Crippen LogP contribution is 2.31. The largest absolute Gasteiger partial charge is 0.348 e. The number of amides is 1. The summed E-state index contributed by atoms with van der Waals surface area (Å²) in [6.45, 7) is 4.46. The van der Waals surface area contributed by atoms with E-state index in [0.717, 1.165) is 42.5 Å². The van der Waals surface area contributed by atoms with Crippen LogP contribution in [-0.4, -0.2) is 15.5 Å². The van der Waals surface area contributed by atoms with Crippen LogP contribution in [0.1, 0.15) is 65.0 Å². The number of aromatic nitrogens is 2. The lowest BCUT2D eigenvalue weighted by atomic mass is 10.1. The molecule has 0 radical (unpaired) electrons. The zero-order valence-electron chi connectivity index (χ0n) is 16.3. The summed E-state index contributed by atoms with van der Waals surface area (Å²) in [4.78, 5) is 31.1. The number of nitrogens with one attached hydrogen (secondary N) is 1. The molecule has 2 aromatic heterocycles. The van der Waals surface area contributed by atoms with Crippen molar-refractivity contribution in [3.63, 3.8) is 0 Å². The van der Waals surface area contributed by atoms with Crippen molar-refractivity contribution in [3.05, 3.63) is 62.5 Å². The van der Waals surface area contributed by atoms with Gasteiger partial charge in [0.25, 0.3) is 11.5 Å². The summed E-state index contributed by atoms with van der Waals surface area (Å²) >= 11 is 1.38. The number of benzene rings is 1. The lowest BCUT2D eigenvalue weighted by Gasteiger charge is -2.12. The molecule has 1 saturated carbocycles. The van der Waals surface area contributed by atoms with E-state index in [4.69, 9.17) is 0 Å². The standard InChI is InChI=1S/C22H25N3O2S/c1-3-15-8-10-16(11-9-15)12-23-21(26)18-14(2)28-20-19(18)24-13-25(22(20)27)17-6-4-5-7-17/h8-11,13,17H,3-7,12H2,1-2H3,(H,23,26). The number of nitrogens with zero attached hydrogens (tertiary/aromatic N) is 2. The molecule has 0 unspecified atom stereocenters. The molecule has 5 nitrogen and oxygen atoms in total. The Kier molecular flexibility index (Phi) is 5.31. The normalized spacial score (nSPS) is 14.6. The highest BCUT2D eigenvalue weighted by molar-refractivity contribution is 7.19. The van der Waals surface area contributed by atoms with Crippen LogP contribution in [0.4, 0.5) is 0 Å². The maximum Gasteiger partial charge on any atom is 0.271 e. The van der Waals surface area contributed by atoms with E-state index in [-0.39, 0.29) is 17.5 Å². The molecule has 146 valence electrons. The van der Waals surface area contributed by atoms with E-state index in [1.165, 1.54) is 16.9 Å². The van der Waals surface area contributed by atoms with Gasteiger partial charge in [-0.15, -0.1) is 11.3 Å². The van der Waals surface area contributed by atoms with Gasteiger partial charge in [-0.1, -0.05) is 44.0 Å². The Bertz CT molecular complexity index is 1060. The van der Waals surface area contributed by atoms with Crippen LogP contribution in [0.25, 0.3) is 10.2 Å². The highest BCUT2D eigenvalue weighted by Gasteiger charge is 2.23. The zero-order chi connectivity index (χ0) is 19.7. The number of carbonyl (C=O) groups is 1.